The molecular formula is C16H25N3O. The van der Waals surface area contributed by atoms with E-state index in [0.717, 1.165) is 50.0 Å². The summed E-state index contributed by atoms with van der Waals surface area (Å²) in [6, 6.07) is 5.17. The summed E-state index contributed by atoms with van der Waals surface area (Å²) in [4.78, 5) is 4.42. The quantitative estimate of drug-likeness (QED) is 0.782. The highest BCUT2D eigenvalue weighted by molar-refractivity contribution is 5.18. The fourth-order valence-corrected chi connectivity index (χ4v) is 3.39. The van der Waals surface area contributed by atoms with E-state index in [1.54, 1.807) is 0 Å². The zero-order chi connectivity index (χ0) is 14.0. The van der Waals surface area contributed by atoms with Crippen LogP contribution in [0.2, 0.25) is 0 Å². The SMILES string of the molecule is Cc1ccc(C2(O)CCC(N[C@H]3CCNC3)CC2)nc1. The first-order valence-electron chi connectivity index (χ1n) is 7.78. The Labute approximate surface area is 121 Å². The van der Waals surface area contributed by atoms with Gasteiger partial charge in [-0.3, -0.25) is 4.98 Å². The molecule has 0 bridgehead atoms. The van der Waals surface area contributed by atoms with E-state index >= 15 is 0 Å². The Balaban J connectivity index is 1.57. The third kappa shape index (κ3) is 3.03. The molecule has 2 heterocycles. The summed E-state index contributed by atoms with van der Waals surface area (Å²) < 4.78 is 0. The van der Waals surface area contributed by atoms with Crippen LogP contribution in [0.1, 0.15) is 43.4 Å². The van der Waals surface area contributed by atoms with E-state index < -0.39 is 5.60 Å². The average Bonchev–Trinajstić information content (AvgIpc) is 2.95. The van der Waals surface area contributed by atoms with Crippen LogP contribution >= 0.6 is 0 Å². The molecule has 1 aromatic heterocycles. The minimum atomic E-state index is -0.722. The Bertz CT molecular complexity index is 432. The van der Waals surface area contributed by atoms with E-state index in [-0.39, 0.29) is 0 Å². The van der Waals surface area contributed by atoms with Crippen LogP contribution in [0.3, 0.4) is 0 Å². The molecule has 1 aromatic rings. The Morgan fingerprint density at radius 3 is 2.65 bits per heavy atom. The van der Waals surface area contributed by atoms with Crippen LogP contribution in [0.15, 0.2) is 18.3 Å². The molecule has 0 aromatic carbocycles. The van der Waals surface area contributed by atoms with Crippen molar-refractivity contribution in [3.05, 3.63) is 29.6 Å². The lowest BCUT2D eigenvalue weighted by Gasteiger charge is -2.37. The normalized spacial score (nSPS) is 34.3. The zero-order valence-electron chi connectivity index (χ0n) is 12.2. The molecule has 1 aliphatic carbocycles. The average molecular weight is 275 g/mol. The fourth-order valence-electron chi connectivity index (χ4n) is 3.39. The molecule has 1 atom stereocenters. The minimum Gasteiger partial charge on any atom is -0.384 e. The number of rotatable bonds is 3. The number of aliphatic hydroxyl groups is 1. The molecule has 2 aliphatic rings. The summed E-state index contributed by atoms with van der Waals surface area (Å²) in [5.74, 6) is 0. The minimum absolute atomic E-state index is 0.547. The van der Waals surface area contributed by atoms with Crippen LogP contribution in [0, 0.1) is 6.92 Å². The Morgan fingerprint density at radius 2 is 2.05 bits per heavy atom. The van der Waals surface area contributed by atoms with Crippen LogP contribution in [-0.4, -0.2) is 35.3 Å². The van der Waals surface area contributed by atoms with Gasteiger partial charge in [0.2, 0.25) is 0 Å². The van der Waals surface area contributed by atoms with Crippen molar-refractivity contribution in [1.82, 2.24) is 15.6 Å². The van der Waals surface area contributed by atoms with Crippen molar-refractivity contribution in [2.45, 2.75) is 56.7 Å². The standard InChI is InChI=1S/C16H25N3O/c1-12-2-3-15(18-10-12)16(20)7-4-13(5-8-16)19-14-6-9-17-11-14/h2-3,10,13-14,17,19-20H,4-9,11H2,1H3/t13?,14-,16?/m0/s1. The third-order valence-corrected chi connectivity index (χ3v) is 4.73. The number of nitrogens with one attached hydrogen (secondary N) is 2. The number of pyridine rings is 1. The molecule has 0 unspecified atom stereocenters. The van der Waals surface area contributed by atoms with Crippen molar-refractivity contribution < 1.29 is 5.11 Å². The number of hydrogen-bond acceptors (Lipinski definition) is 4. The predicted octanol–water partition coefficient (Wildman–Crippen LogP) is 1.47. The van der Waals surface area contributed by atoms with Gasteiger partial charge in [0.25, 0.3) is 0 Å². The Morgan fingerprint density at radius 1 is 1.25 bits per heavy atom. The summed E-state index contributed by atoms with van der Waals surface area (Å²) in [7, 11) is 0. The van der Waals surface area contributed by atoms with Crippen LogP contribution in [-0.2, 0) is 5.60 Å². The molecule has 110 valence electrons. The number of nitrogens with zero attached hydrogens (tertiary/aromatic N) is 1. The van der Waals surface area contributed by atoms with Crippen LogP contribution in [0.4, 0.5) is 0 Å². The van der Waals surface area contributed by atoms with Gasteiger partial charge in [-0.05, 0) is 57.2 Å². The number of hydrogen-bond donors (Lipinski definition) is 3. The molecule has 1 aliphatic heterocycles. The second-order valence-electron chi connectivity index (χ2n) is 6.38. The molecule has 4 nitrogen and oxygen atoms in total. The highest BCUT2D eigenvalue weighted by Gasteiger charge is 2.36. The number of aromatic nitrogens is 1. The molecule has 0 spiro atoms. The van der Waals surface area contributed by atoms with Crippen molar-refractivity contribution in [2.24, 2.45) is 0 Å². The molecule has 3 N–H and O–H groups in total. The van der Waals surface area contributed by atoms with Gasteiger partial charge < -0.3 is 15.7 Å². The molecule has 2 fully saturated rings. The van der Waals surface area contributed by atoms with Crippen molar-refractivity contribution in [1.29, 1.82) is 0 Å². The monoisotopic (exact) mass is 275 g/mol. The van der Waals surface area contributed by atoms with Gasteiger partial charge in [-0.25, -0.2) is 0 Å². The van der Waals surface area contributed by atoms with Crippen LogP contribution in [0.25, 0.3) is 0 Å². The molecule has 1 saturated carbocycles. The van der Waals surface area contributed by atoms with E-state index in [2.05, 4.69) is 15.6 Å². The first kappa shape index (κ1) is 14.0. The molecular weight excluding hydrogens is 250 g/mol. The van der Waals surface area contributed by atoms with Gasteiger partial charge in [-0.2, -0.15) is 0 Å². The Hall–Kier alpha value is -0.970. The van der Waals surface area contributed by atoms with E-state index in [9.17, 15) is 5.11 Å². The zero-order valence-corrected chi connectivity index (χ0v) is 12.2. The lowest BCUT2D eigenvalue weighted by molar-refractivity contribution is -0.0130. The maximum Gasteiger partial charge on any atom is 0.107 e. The summed E-state index contributed by atoms with van der Waals surface area (Å²) in [6.07, 6.45) is 6.75. The molecule has 3 rings (SSSR count). The van der Waals surface area contributed by atoms with Crippen molar-refractivity contribution in [2.75, 3.05) is 13.1 Å². The van der Waals surface area contributed by atoms with Crippen molar-refractivity contribution in [3.8, 4) is 0 Å². The second-order valence-corrected chi connectivity index (χ2v) is 6.38. The smallest absolute Gasteiger partial charge is 0.107 e. The molecule has 1 saturated heterocycles. The largest absolute Gasteiger partial charge is 0.384 e. The van der Waals surface area contributed by atoms with E-state index in [0.29, 0.717) is 12.1 Å². The van der Waals surface area contributed by atoms with Gasteiger partial charge in [0.1, 0.15) is 5.60 Å². The van der Waals surface area contributed by atoms with Gasteiger partial charge in [0, 0.05) is 24.8 Å². The second kappa shape index (κ2) is 5.80. The lowest BCUT2D eigenvalue weighted by atomic mass is 9.79. The summed E-state index contributed by atoms with van der Waals surface area (Å²) in [5.41, 5.74) is 1.25. The molecule has 4 heteroatoms. The van der Waals surface area contributed by atoms with Crippen LogP contribution < -0.4 is 10.6 Å². The summed E-state index contributed by atoms with van der Waals surface area (Å²) in [6.45, 7) is 4.24. The van der Waals surface area contributed by atoms with Crippen LogP contribution in [0.5, 0.6) is 0 Å². The lowest BCUT2D eigenvalue weighted by Crippen LogP contribution is -2.44. The predicted molar refractivity (Wildman–Crippen MR) is 79.5 cm³/mol. The van der Waals surface area contributed by atoms with Gasteiger partial charge in [0.05, 0.1) is 5.69 Å². The van der Waals surface area contributed by atoms with Gasteiger partial charge in [-0.1, -0.05) is 6.07 Å². The fraction of sp³-hybridized carbons (Fsp3) is 0.688. The summed E-state index contributed by atoms with van der Waals surface area (Å²) in [5, 5.41) is 17.9. The maximum absolute atomic E-state index is 10.8. The van der Waals surface area contributed by atoms with E-state index in [1.165, 1.54) is 6.42 Å². The maximum atomic E-state index is 10.8. The van der Waals surface area contributed by atoms with E-state index in [4.69, 9.17) is 0 Å². The van der Waals surface area contributed by atoms with Crippen molar-refractivity contribution >= 4 is 0 Å². The highest BCUT2D eigenvalue weighted by Crippen LogP contribution is 2.36. The van der Waals surface area contributed by atoms with Gasteiger partial charge >= 0.3 is 0 Å². The van der Waals surface area contributed by atoms with Gasteiger partial charge in [-0.15, -0.1) is 0 Å². The number of aryl methyl sites for hydroxylation is 1. The van der Waals surface area contributed by atoms with Crippen molar-refractivity contribution in [3.63, 3.8) is 0 Å². The molecule has 20 heavy (non-hydrogen) atoms. The Kier molecular flexibility index (Phi) is 4.06. The molecule has 0 amide bonds. The topological polar surface area (TPSA) is 57.2 Å². The molecule has 0 radical (unpaired) electrons. The first-order chi connectivity index (χ1) is 9.66. The van der Waals surface area contributed by atoms with Gasteiger partial charge in [0.15, 0.2) is 0 Å². The van der Waals surface area contributed by atoms with E-state index in [1.807, 2.05) is 25.3 Å². The first-order valence-corrected chi connectivity index (χ1v) is 7.78. The third-order valence-electron chi connectivity index (χ3n) is 4.73. The summed E-state index contributed by atoms with van der Waals surface area (Å²) >= 11 is 0. The highest BCUT2D eigenvalue weighted by atomic mass is 16.3.